The molecule has 0 saturated heterocycles. The Bertz CT molecular complexity index is 819. The smallest absolute Gasteiger partial charge is 0.229 e. The number of benzene rings is 2. The first-order valence-corrected chi connectivity index (χ1v) is 8.67. The van der Waals surface area contributed by atoms with Crippen LogP contribution in [0.1, 0.15) is 16.9 Å². The van der Waals surface area contributed by atoms with Gasteiger partial charge in [-0.15, -0.1) is 11.3 Å². The van der Waals surface area contributed by atoms with Gasteiger partial charge in [0.25, 0.3) is 0 Å². The molecule has 4 nitrogen and oxygen atoms in total. The minimum atomic E-state index is -0.319. The van der Waals surface area contributed by atoms with E-state index in [1.807, 2.05) is 18.2 Å². The molecular weight excluding hydrogens is 339 g/mol. The molecule has 6 heteroatoms. The van der Waals surface area contributed by atoms with Crippen LogP contribution in [-0.2, 0) is 11.2 Å². The van der Waals surface area contributed by atoms with Crippen molar-refractivity contribution >= 4 is 22.4 Å². The summed E-state index contributed by atoms with van der Waals surface area (Å²) in [5.41, 5.74) is 1.21. The summed E-state index contributed by atoms with van der Waals surface area (Å²) < 4.78 is 18.2. The summed E-state index contributed by atoms with van der Waals surface area (Å²) in [7, 11) is 0. The van der Waals surface area contributed by atoms with Crippen LogP contribution >= 0.6 is 11.3 Å². The number of nitrogens with zero attached hydrogens (tertiary/aromatic N) is 1. The van der Waals surface area contributed by atoms with E-state index in [1.165, 1.54) is 41.2 Å². The first-order valence-electron chi connectivity index (χ1n) is 7.86. The number of halogens is 1. The second-order valence-corrected chi connectivity index (χ2v) is 6.51. The maximum Gasteiger partial charge on any atom is 0.229 e. The molecule has 0 aliphatic rings. The molecule has 3 aromatic rings. The molecule has 0 fully saturated rings. The monoisotopic (exact) mass is 356 g/mol. The normalized spacial score (nSPS) is 10.4. The van der Waals surface area contributed by atoms with Crippen molar-refractivity contribution in [2.45, 2.75) is 12.8 Å². The van der Waals surface area contributed by atoms with Gasteiger partial charge in [-0.1, -0.05) is 30.3 Å². The van der Waals surface area contributed by atoms with Crippen LogP contribution in [0.2, 0.25) is 0 Å². The lowest BCUT2D eigenvalue weighted by Crippen LogP contribution is -2.14. The Morgan fingerprint density at radius 3 is 2.64 bits per heavy atom. The predicted molar refractivity (Wildman–Crippen MR) is 96.5 cm³/mol. The minimum Gasteiger partial charge on any atom is -0.493 e. The number of thiazole rings is 1. The van der Waals surface area contributed by atoms with Crippen molar-refractivity contribution in [2.24, 2.45) is 0 Å². The predicted octanol–water partition coefficient (Wildman–Crippen LogP) is 4.28. The molecule has 1 N–H and O–H groups in total. The first kappa shape index (κ1) is 17.1. The van der Waals surface area contributed by atoms with E-state index in [4.69, 9.17) is 4.74 Å². The molecule has 0 unspecified atom stereocenters. The zero-order valence-electron chi connectivity index (χ0n) is 13.4. The third-order valence-electron chi connectivity index (χ3n) is 3.43. The molecule has 1 aromatic heterocycles. The molecule has 3 rings (SSSR count). The quantitative estimate of drug-likeness (QED) is 0.687. The number of nitrogens with one attached hydrogen (secondary N) is 1. The summed E-state index contributed by atoms with van der Waals surface area (Å²) in [6.45, 7) is 0.222. The molecule has 128 valence electrons. The van der Waals surface area contributed by atoms with E-state index in [0.29, 0.717) is 10.9 Å². The Labute approximate surface area is 149 Å². The summed E-state index contributed by atoms with van der Waals surface area (Å²) in [6.07, 6.45) is 2.77. The van der Waals surface area contributed by atoms with Gasteiger partial charge in [0.1, 0.15) is 11.6 Å². The molecular formula is C19H17FN2O2S. The zero-order valence-corrected chi connectivity index (χ0v) is 14.3. The number of carbonyl (C=O) groups excluding carboxylic acids is 1. The van der Waals surface area contributed by atoms with Crippen molar-refractivity contribution in [3.63, 3.8) is 0 Å². The highest BCUT2D eigenvalue weighted by atomic mass is 32.1. The third kappa shape index (κ3) is 5.39. The summed E-state index contributed by atoms with van der Waals surface area (Å²) >= 11 is 1.46. The highest BCUT2D eigenvalue weighted by Crippen LogP contribution is 2.21. The Morgan fingerprint density at radius 2 is 1.88 bits per heavy atom. The van der Waals surface area contributed by atoms with Gasteiger partial charge < -0.3 is 10.1 Å². The maximum absolute atomic E-state index is 12.8. The maximum atomic E-state index is 12.8. The average Bonchev–Trinajstić information content (AvgIpc) is 3.04. The lowest BCUT2D eigenvalue weighted by molar-refractivity contribution is -0.116. The van der Waals surface area contributed by atoms with Gasteiger partial charge in [-0.3, -0.25) is 4.79 Å². The van der Waals surface area contributed by atoms with Gasteiger partial charge in [-0.05, 0) is 29.8 Å². The number of ether oxygens (including phenoxy) is 1. The van der Waals surface area contributed by atoms with Gasteiger partial charge in [0, 0.05) is 17.5 Å². The number of hydrogen-bond donors (Lipinski definition) is 1. The highest BCUT2D eigenvalue weighted by molar-refractivity contribution is 7.15. The highest BCUT2D eigenvalue weighted by Gasteiger charge is 2.08. The fraction of sp³-hybridized carbons (Fsp3) is 0.158. The molecule has 0 atom stereocenters. The van der Waals surface area contributed by atoms with Crippen molar-refractivity contribution < 1.29 is 13.9 Å². The van der Waals surface area contributed by atoms with Gasteiger partial charge in [-0.2, -0.15) is 0 Å². The Hall–Kier alpha value is -2.73. The van der Waals surface area contributed by atoms with Crippen LogP contribution < -0.4 is 10.1 Å². The van der Waals surface area contributed by atoms with Crippen LogP contribution in [0.15, 0.2) is 60.8 Å². The van der Waals surface area contributed by atoms with E-state index >= 15 is 0 Å². The lowest BCUT2D eigenvalue weighted by atomic mass is 10.1. The van der Waals surface area contributed by atoms with Crippen molar-refractivity contribution in [3.05, 3.63) is 77.1 Å². The number of rotatable bonds is 7. The number of anilines is 1. The molecule has 0 radical (unpaired) electrons. The minimum absolute atomic E-state index is 0.164. The average molecular weight is 356 g/mol. The van der Waals surface area contributed by atoms with Crippen molar-refractivity contribution in [2.75, 3.05) is 11.9 Å². The Kier molecular flexibility index (Phi) is 5.74. The summed E-state index contributed by atoms with van der Waals surface area (Å²) in [5, 5.41) is 3.35. The van der Waals surface area contributed by atoms with E-state index in [1.54, 1.807) is 6.20 Å². The Morgan fingerprint density at radius 1 is 1.12 bits per heavy atom. The van der Waals surface area contributed by atoms with Crippen LogP contribution in [0.25, 0.3) is 0 Å². The van der Waals surface area contributed by atoms with Crippen LogP contribution in [-0.4, -0.2) is 17.5 Å². The van der Waals surface area contributed by atoms with E-state index in [9.17, 15) is 9.18 Å². The summed E-state index contributed by atoms with van der Waals surface area (Å²) in [6, 6.07) is 15.8. The Balaban J connectivity index is 1.44. The molecule has 1 amide bonds. The van der Waals surface area contributed by atoms with Gasteiger partial charge in [0.2, 0.25) is 5.91 Å². The largest absolute Gasteiger partial charge is 0.493 e. The molecule has 0 saturated carbocycles. The SMILES string of the molecule is O=C(CCOc1ccc(F)cc1)Nc1ncc(Cc2ccccc2)s1. The van der Waals surface area contributed by atoms with Crippen molar-refractivity contribution in [1.82, 2.24) is 4.98 Å². The molecule has 0 bridgehead atoms. The number of carbonyl (C=O) groups is 1. The number of aromatic nitrogens is 1. The van der Waals surface area contributed by atoms with Gasteiger partial charge in [0.15, 0.2) is 5.13 Å². The molecule has 0 aliphatic heterocycles. The van der Waals surface area contributed by atoms with Crippen LogP contribution in [0, 0.1) is 5.82 Å². The standard InChI is InChI=1S/C19H17FN2O2S/c20-15-6-8-16(9-7-15)24-11-10-18(23)22-19-21-13-17(25-19)12-14-4-2-1-3-5-14/h1-9,13H,10-12H2,(H,21,22,23). The summed E-state index contributed by atoms with van der Waals surface area (Å²) in [4.78, 5) is 17.3. The zero-order chi connectivity index (χ0) is 17.5. The van der Waals surface area contributed by atoms with E-state index in [-0.39, 0.29) is 24.8 Å². The topological polar surface area (TPSA) is 51.2 Å². The number of amides is 1. The third-order valence-corrected chi connectivity index (χ3v) is 4.35. The van der Waals surface area contributed by atoms with Crippen LogP contribution in [0.5, 0.6) is 5.75 Å². The second-order valence-electron chi connectivity index (χ2n) is 5.39. The molecule has 1 heterocycles. The van der Waals surface area contributed by atoms with E-state index < -0.39 is 0 Å². The summed E-state index contributed by atoms with van der Waals surface area (Å²) in [5.74, 6) is 0.0523. The lowest BCUT2D eigenvalue weighted by Gasteiger charge is -2.05. The molecule has 0 spiro atoms. The van der Waals surface area contributed by atoms with E-state index in [2.05, 4.69) is 22.4 Å². The van der Waals surface area contributed by atoms with E-state index in [0.717, 1.165) is 11.3 Å². The van der Waals surface area contributed by atoms with Gasteiger partial charge in [-0.25, -0.2) is 9.37 Å². The molecule has 2 aromatic carbocycles. The van der Waals surface area contributed by atoms with Crippen LogP contribution in [0.3, 0.4) is 0 Å². The van der Waals surface area contributed by atoms with Crippen molar-refractivity contribution in [3.8, 4) is 5.75 Å². The van der Waals surface area contributed by atoms with Gasteiger partial charge >= 0.3 is 0 Å². The fourth-order valence-corrected chi connectivity index (χ4v) is 3.08. The van der Waals surface area contributed by atoms with Gasteiger partial charge in [0.05, 0.1) is 13.0 Å². The fourth-order valence-electron chi connectivity index (χ4n) is 2.22. The van der Waals surface area contributed by atoms with Crippen LogP contribution in [0.4, 0.5) is 9.52 Å². The van der Waals surface area contributed by atoms with Crippen molar-refractivity contribution in [1.29, 1.82) is 0 Å². The molecule has 25 heavy (non-hydrogen) atoms. The second kappa shape index (κ2) is 8.39. The number of hydrogen-bond acceptors (Lipinski definition) is 4. The molecule has 0 aliphatic carbocycles. The first-order chi connectivity index (χ1) is 12.2.